The van der Waals surface area contributed by atoms with E-state index in [4.69, 9.17) is 14.2 Å². The summed E-state index contributed by atoms with van der Waals surface area (Å²) in [6.45, 7) is 3.87. The number of carbonyl (C=O) groups excluding carboxylic acids is 2. The topological polar surface area (TPSA) is 163 Å². The van der Waals surface area contributed by atoms with Gasteiger partial charge in [0.1, 0.15) is 19.0 Å². The van der Waals surface area contributed by atoms with Crippen LogP contribution in [0.1, 0.15) is 71.6 Å². The second kappa shape index (κ2) is 9.31. The predicted octanol–water partition coefficient (Wildman–Crippen LogP) is 0.750. The van der Waals surface area contributed by atoms with E-state index in [0.717, 1.165) is 11.9 Å². The van der Waals surface area contributed by atoms with Gasteiger partial charge in [-0.2, -0.15) is 0 Å². The molecular formula is C29H42O10. The largest absolute Gasteiger partial charge is 0.458 e. The van der Waals surface area contributed by atoms with Crippen molar-refractivity contribution in [3.8, 4) is 0 Å². The minimum absolute atomic E-state index is 0.159. The zero-order chi connectivity index (χ0) is 28.0. The Labute approximate surface area is 228 Å². The Morgan fingerprint density at radius 2 is 1.82 bits per heavy atom. The maximum absolute atomic E-state index is 13.0. The van der Waals surface area contributed by atoms with Gasteiger partial charge in [0.15, 0.2) is 6.29 Å². The molecule has 0 spiro atoms. The van der Waals surface area contributed by atoms with Crippen LogP contribution >= 0.6 is 0 Å². The van der Waals surface area contributed by atoms with Crippen LogP contribution in [-0.4, -0.2) is 92.4 Å². The summed E-state index contributed by atoms with van der Waals surface area (Å²) in [7, 11) is 0. The van der Waals surface area contributed by atoms with Crippen LogP contribution in [0, 0.1) is 28.6 Å². The number of hydrogen-bond acceptors (Lipinski definition) is 10. The van der Waals surface area contributed by atoms with Gasteiger partial charge in [0.05, 0.1) is 41.0 Å². The normalized spacial score (nSPS) is 55.2. The summed E-state index contributed by atoms with van der Waals surface area (Å²) in [5, 5.41) is 56.7. The van der Waals surface area contributed by atoms with Gasteiger partial charge >= 0.3 is 5.97 Å². The van der Waals surface area contributed by atoms with Crippen LogP contribution in [0.4, 0.5) is 0 Å². The summed E-state index contributed by atoms with van der Waals surface area (Å²) >= 11 is 0. The molecule has 0 aromatic carbocycles. The zero-order valence-corrected chi connectivity index (χ0v) is 22.7. The van der Waals surface area contributed by atoms with Crippen LogP contribution < -0.4 is 0 Å². The molecule has 1 saturated heterocycles. The van der Waals surface area contributed by atoms with E-state index in [2.05, 4.69) is 0 Å². The van der Waals surface area contributed by atoms with Gasteiger partial charge in [0, 0.05) is 24.3 Å². The van der Waals surface area contributed by atoms with Gasteiger partial charge in [-0.25, -0.2) is 4.79 Å². The molecule has 218 valence electrons. The molecule has 4 aliphatic carbocycles. The Morgan fingerprint density at radius 1 is 1.05 bits per heavy atom. The number of aliphatic hydroxyl groups excluding tert-OH is 3. The van der Waals surface area contributed by atoms with Gasteiger partial charge in [-0.05, 0) is 75.2 Å². The second-order valence-electron chi connectivity index (χ2n) is 13.4. The van der Waals surface area contributed by atoms with Gasteiger partial charge < -0.3 is 44.5 Å². The fourth-order valence-corrected chi connectivity index (χ4v) is 9.75. The van der Waals surface area contributed by atoms with Crippen molar-refractivity contribution < 1.29 is 49.3 Å². The first-order chi connectivity index (χ1) is 18.4. The highest BCUT2D eigenvalue weighted by Crippen LogP contribution is 2.70. The van der Waals surface area contributed by atoms with Crippen molar-refractivity contribution in [1.29, 1.82) is 0 Å². The molecular weight excluding hydrogens is 508 g/mol. The van der Waals surface area contributed by atoms with Crippen LogP contribution in [0.2, 0.25) is 0 Å². The molecule has 6 rings (SSSR count). The zero-order valence-electron chi connectivity index (χ0n) is 22.7. The lowest BCUT2D eigenvalue weighted by atomic mass is 9.41. The van der Waals surface area contributed by atoms with E-state index in [9.17, 15) is 35.1 Å². The first-order valence-corrected chi connectivity index (χ1v) is 14.5. The fourth-order valence-electron chi connectivity index (χ4n) is 9.75. The van der Waals surface area contributed by atoms with Crippen molar-refractivity contribution in [2.45, 2.75) is 120 Å². The van der Waals surface area contributed by atoms with Crippen LogP contribution in [-0.2, 0) is 23.8 Å². The first-order valence-electron chi connectivity index (χ1n) is 14.5. The standard InChI is InChI=1S/C29H42O10/c1-15-9-21(31)24(34)25(38-15)39-17-3-6-27(14-30)20-11-22(32)26(2)18(16-10-23(33)37-13-16)5-8-29(26,36)19(20)4-7-28(27,35)12-17/h10,14-15,17-22,24-25,31-32,34-36H,3-9,11-13H2,1-2H3/t15-,17+,18-,19?,20?,21-,22-,24-,25+,26+,27+,28+,29+/m1/s1. The lowest BCUT2D eigenvalue weighted by Crippen LogP contribution is -2.71. The summed E-state index contributed by atoms with van der Waals surface area (Å²) in [5.74, 6) is -1.32. The molecule has 0 amide bonds. The SMILES string of the molecule is C[C@@H]1C[C@@H](O)[C@@H](O)[C@H](O[C@H]2CC[C@]3(C=O)C4C[C@@H](O)[C@]5(C)[C@@H](C6=CC(=O)OC6)CC[C@]5(O)C4CC[C@]3(O)C2)O1. The summed E-state index contributed by atoms with van der Waals surface area (Å²) < 4.78 is 17.0. The van der Waals surface area contributed by atoms with Gasteiger partial charge in [-0.1, -0.05) is 6.92 Å². The highest BCUT2D eigenvalue weighted by atomic mass is 16.7. The number of carbonyl (C=O) groups is 2. The summed E-state index contributed by atoms with van der Waals surface area (Å²) in [4.78, 5) is 24.8. The monoisotopic (exact) mass is 550 g/mol. The van der Waals surface area contributed by atoms with E-state index in [1.165, 1.54) is 6.08 Å². The molecule has 4 saturated carbocycles. The quantitative estimate of drug-likeness (QED) is 0.192. The third kappa shape index (κ3) is 3.78. The molecule has 5 fully saturated rings. The van der Waals surface area contributed by atoms with Crippen molar-refractivity contribution in [3.05, 3.63) is 11.6 Å². The molecule has 10 nitrogen and oxygen atoms in total. The number of cyclic esters (lactones) is 1. The first kappa shape index (κ1) is 27.8. The van der Waals surface area contributed by atoms with Crippen molar-refractivity contribution in [2.24, 2.45) is 28.6 Å². The maximum Gasteiger partial charge on any atom is 0.331 e. The van der Waals surface area contributed by atoms with Crippen LogP contribution in [0.5, 0.6) is 0 Å². The van der Waals surface area contributed by atoms with Crippen molar-refractivity contribution in [3.63, 3.8) is 0 Å². The molecule has 5 N–H and O–H groups in total. The number of ether oxygens (including phenoxy) is 3. The lowest BCUT2D eigenvalue weighted by Gasteiger charge is -2.66. The Bertz CT molecular complexity index is 1050. The summed E-state index contributed by atoms with van der Waals surface area (Å²) in [5.41, 5.74) is -3.92. The van der Waals surface area contributed by atoms with E-state index in [1.54, 1.807) is 6.92 Å². The molecule has 6 aliphatic rings. The number of esters is 1. The Hall–Kier alpha value is -1.40. The maximum atomic E-state index is 13.0. The number of aldehydes is 1. The number of fused-ring (bicyclic) bond motifs is 5. The lowest BCUT2D eigenvalue weighted by molar-refractivity contribution is -0.302. The van der Waals surface area contributed by atoms with Crippen LogP contribution in [0.15, 0.2) is 11.6 Å². The summed E-state index contributed by atoms with van der Waals surface area (Å²) in [6, 6.07) is 0. The average molecular weight is 551 g/mol. The van der Waals surface area contributed by atoms with Crippen molar-refractivity contribution in [1.82, 2.24) is 0 Å². The molecule has 0 aromatic heterocycles. The second-order valence-corrected chi connectivity index (χ2v) is 13.4. The third-order valence-electron chi connectivity index (χ3n) is 11.9. The van der Waals surface area contributed by atoms with Crippen LogP contribution in [0.3, 0.4) is 0 Å². The number of hydrogen-bond donors (Lipinski definition) is 5. The number of aliphatic hydroxyl groups is 5. The van der Waals surface area contributed by atoms with Gasteiger partial charge in [-0.3, -0.25) is 0 Å². The van der Waals surface area contributed by atoms with E-state index in [-0.39, 0.29) is 37.4 Å². The predicted molar refractivity (Wildman–Crippen MR) is 135 cm³/mol. The van der Waals surface area contributed by atoms with E-state index in [0.29, 0.717) is 44.9 Å². The molecule has 0 aromatic rings. The highest BCUT2D eigenvalue weighted by molar-refractivity contribution is 5.85. The molecule has 0 bridgehead atoms. The molecule has 0 radical (unpaired) electrons. The smallest absolute Gasteiger partial charge is 0.331 e. The van der Waals surface area contributed by atoms with Gasteiger partial charge in [0.25, 0.3) is 0 Å². The average Bonchev–Trinajstić information content (AvgIpc) is 3.43. The molecule has 39 heavy (non-hydrogen) atoms. The van der Waals surface area contributed by atoms with Crippen molar-refractivity contribution >= 4 is 12.3 Å². The number of rotatable bonds is 4. The molecule has 2 aliphatic heterocycles. The molecule has 10 heteroatoms. The van der Waals surface area contributed by atoms with Gasteiger partial charge in [0.2, 0.25) is 0 Å². The third-order valence-corrected chi connectivity index (χ3v) is 11.9. The van der Waals surface area contributed by atoms with E-state index < -0.39 is 64.6 Å². The van der Waals surface area contributed by atoms with E-state index in [1.807, 2.05) is 6.92 Å². The van der Waals surface area contributed by atoms with Crippen molar-refractivity contribution in [2.75, 3.05) is 6.61 Å². The highest BCUT2D eigenvalue weighted by Gasteiger charge is 2.74. The Morgan fingerprint density at radius 3 is 2.51 bits per heavy atom. The van der Waals surface area contributed by atoms with Gasteiger partial charge in [-0.15, -0.1) is 0 Å². The molecule has 2 heterocycles. The van der Waals surface area contributed by atoms with Crippen LogP contribution in [0.25, 0.3) is 0 Å². The van der Waals surface area contributed by atoms with E-state index >= 15 is 0 Å². The molecule has 13 atom stereocenters. The Kier molecular flexibility index (Phi) is 6.62. The minimum atomic E-state index is -1.40. The minimum Gasteiger partial charge on any atom is -0.458 e. The Balaban J connectivity index is 1.26. The summed E-state index contributed by atoms with van der Waals surface area (Å²) in [6.07, 6.45) is 0.759. The fraction of sp³-hybridized carbons (Fsp3) is 0.862. The molecule has 2 unspecified atom stereocenters.